The third kappa shape index (κ3) is 2.68. The molecule has 17 heavy (non-hydrogen) atoms. The molecule has 92 valence electrons. The standard InChI is InChI=1S/C11H14ClN3O2/c12-10-5-8(9(13)6-14-10)11(17)15(3-4-16)7-1-2-7/h5-7,16H,1-4,13H2. The Morgan fingerprint density at radius 1 is 1.65 bits per heavy atom. The number of amides is 1. The van der Waals surface area contributed by atoms with Gasteiger partial charge in [-0.25, -0.2) is 4.98 Å². The largest absolute Gasteiger partial charge is 0.397 e. The van der Waals surface area contributed by atoms with Gasteiger partial charge in [-0.15, -0.1) is 0 Å². The zero-order valence-corrected chi connectivity index (χ0v) is 10.0. The van der Waals surface area contributed by atoms with Crippen LogP contribution in [-0.4, -0.2) is 40.1 Å². The van der Waals surface area contributed by atoms with Gasteiger partial charge in [0.25, 0.3) is 5.91 Å². The molecule has 0 aromatic carbocycles. The number of aliphatic hydroxyl groups is 1. The molecule has 0 saturated heterocycles. The predicted octanol–water partition coefficient (Wildman–Crippen LogP) is 0.914. The number of hydrogen-bond acceptors (Lipinski definition) is 4. The number of pyridine rings is 1. The van der Waals surface area contributed by atoms with Gasteiger partial charge < -0.3 is 15.7 Å². The minimum atomic E-state index is -0.191. The Labute approximate surface area is 104 Å². The number of rotatable bonds is 4. The van der Waals surface area contributed by atoms with Gasteiger partial charge in [0, 0.05) is 12.6 Å². The molecule has 5 nitrogen and oxygen atoms in total. The molecule has 1 aromatic rings. The second-order valence-corrected chi connectivity index (χ2v) is 4.43. The fourth-order valence-corrected chi connectivity index (χ4v) is 1.88. The first-order valence-electron chi connectivity index (χ1n) is 5.46. The molecular formula is C11H14ClN3O2. The Morgan fingerprint density at radius 2 is 2.35 bits per heavy atom. The van der Waals surface area contributed by atoms with Crippen molar-refractivity contribution < 1.29 is 9.90 Å². The summed E-state index contributed by atoms with van der Waals surface area (Å²) in [4.78, 5) is 17.7. The summed E-state index contributed by atoms with van der Waals surface area (Å²) >= 11 is 5.75. The van der Waals surface area contributed by atoms with Gasteiger partial charge in [0.2, 0.25) is 0 Å². The molecule has 1 aliphatic carbocycles. The second-order valence-electron chi connectivity index (χ2n) is 4.05. The van der Waals surface area contributed by atoms with Crippen LogP contribution in [-0.2, 0) is 0 Å². The Hall–Kier alpha value is -1.33. The fourth-order valence-electron chi connectivity index (χ4n) is 1.72. The minimum absolute atomic E-state index is 0.0546. The van der Waals surface area contributed by atoms with Crippen molar-refractivity contribution in [3.8, 4) is 0 Å². The highest BCUT2D eigenvalue weighted by Crippen LogP contribution is 2.29. The van der Waals surface area contributed by atoms with Crippen molar-refractivity contribution in [2.45, 2.75) is 18.9 Å². The zero-order chi connectivity index (χ0) is 12.4. The van der Waals surface area contributed by atoms with Crippen LogP contribution in [0.4, 0.5) is 5.69 Å². The molecule has 0 radical (unpaired) electrons. The van der Waals surface area contributed by atoms with Gasteiger partial charge >= 0.3 is 0 Å². The molecule has 1 aromatic heterocycles. The van der Waals surface area contributed by atoms with Gasteiger partial charge in [-0.05, 0) is 18.9 Å². The Morgan fingerprint density at radius 3 is 2.94 bits per heavy atom. The highest BCUT2D eigenvalue weighted by Gasteiger charge is 2.33. The first kappa shape index (κ1) is 12.1. The molecule has 1 amide bonds. The monoisotopic (exact) mass is 255 g/mol. The molecule has 3 N–H and O–H groups in total. The van der Waals surface area contributed by atoms with E-state index in [1.54, 1.807) is 4.90 Å². The Kier molecular flexibility index (Phi) is 3.49. The number of carbonyl (C=O) groups excluding carboxylic acids is 1. The number of aliphatic hydroxyl groups excluding tert-OH is 1. The zero-order valence-electron chi connectivity index (χ0n) is 9.27. The van der Waals surface area contributed by atoms with E-state index in [9.17, 15) is 4.79 Å². The fraction of sp³-hybridized carbons (Fsp3) is 0.455. The summed E-state index contributed by atoms with van der Waals surface area (Å²) in [6.07, 6.45) is 3.33. The van der Waals surface area contributed by atoms with Crippen molar-refractivity contribution >= 4 is 23.2 Å². The molecule has 6 heteroatoms. The maximum absolute atomic E-state index is 12.2. The molecule has 1 fully saturated rings. The van der Waals surface area contributed by atoms with Crippen LogP contribution < -0.4 is 5.73 Å². The summed E-state index contributed by atoms with van der Waals surface area (Å²) in [5.74, 6) is -0.191. The summed E-state index contributed by atoms with van der Waals surface area (Å²) in [6.45, 7) is 0.268. The number of nitrogen functional groups attached to an aromatic ring is 1. The van der Waals surface area contributed by atoms with Gasteiger partial charge in [-0.1, -0.05) is 11.6 Å². The smallest absolute Gasteiger partial charge is 0.256 e. The van der Waals surface area contributed by atoms with E-state index in [-0.39, 0.29) is 23.7 Å². The van der Waals surface area contributed by atoms with E-state index in [1.807, 2.05) is 0 Å². The van der Waals surface area contributed by atoms with Crippen molar-refractivity contribution in [2.24, 2.45) is 0 Å². The summed E-state index contributed by atoms with van der Waals surface area (Å²) in [6, 6.07) is 1.69. The summed E-state index contributed by atoms with van der Waals surface area (Å²) in [7, 11) is 0. The quantitative estimate of drug-likeness (QED) is 0.784. The highest BCUT2D eigenvalue weighted by molar-refractivity contribution is 6.29. The number of nitrogens with zero attached hydrogens (tertiary/aromatic N) is 2. The minimum Gasteiger partial charge on any atom is -0.397 e. The van der Waals surface area contributed by atoms with Gasteiger partial charge in [0.15, 0.2) is 0 Å². The van der Waals surface area contributed by atoms with Crippen molar-refractivity contribution in [2.75, 3.05) is 18.9 Å². The van der Waals surface area contributed by atoms with E-state index < -0.39 is 0 Å². The SMILES string of the molecule is Nc1cnc(Cl)cc1C(=O)N(CCO)C1CC1. The van der Waals surface area contributed by atoms with Crippen molar-refractivity contribution in [1.29, 1.82) is 0 Å². The number of aromatic nitrogens is 1. The third-order valence-corrected chi connectivity index (χ3v) is 2.93. The average molecular weight is 256 g/mol. The molecule has 2 rings (SSSR count). The molecule has 1 heterocycles. The van der Waals surface area contributed by atoms with Crippen LogP contribution in [0.5, 0.6) is 0 Å². The van der Waals surface area contributed by atoms with Crippen molar-refractivity contribution in [1.82, 2.24) is 9.88 Å². The maximum atomic E-state index is 12.2. The van der Waals surface area contributed by atoms with Gasteiger partial charge in [0.05, 0.1) is 24.1 Å². The normalized spacial score (nSPS) is 14.7. The van der Waals surface area contributed by atoms with Crippen LogP contribution in [0.1, 0.15) is 23.2 Å². The lowest BCUT2D eigenvalue weighted by Gasteiger charge is -2.22. The topological polar surface area (TPSA) is 79.5 Å². The number of hydrogen-bond donors (Lipinski definition) is 2. The van der Waals surface area contributed by atoms with Crippen molar-refractivity contribution in [3.63, 3.8) is 0 Å². The lowest BCUT2D eigenvalue weighted by Crippen LogP contribution is -2.35. The molecule has 0 atom stereocenters. The molecule has 0 aliphatic heterocycles. The molecule has 1 saturated carbocycles. The molecule has 1 aliphatic rings. The number of carbonyl (C=O) groups is 1. The van der Waals surface area contributed by atoms with Gasteiger partial charge in [-0.3, -0.25) is 4.79 Å². The lowest BCUT2D eigenvalue weighted by atomic mass is 10.2. The van der Waals surface area contributed by atoms with E-state index in [0.717, 1.165) is 12.8 Å². The second kappa shape index (κ2) is 4.89. The Bertz CT molecular complexity index is 435. The third-order valence-electron chi connectivity index (χ3n) is 2.72. The number of halogens is 1. The van der Waals surface area contributed by atoms with Crippen molar-refractivity contribution in [3.05, 3.63) is 23.0 Å². The van der Waals surface area contributed by atoms with Crippen LogP contribution in [0, 0.1) is 0 Å². The summed E-state index contributed by atoms with van der Waals surface area (Å²) in [5, 5.41) is 9.21. The van der Waals surface area contributed by atoms with Crippen LogP contribution in [0.25, 0.3) is 0 Å². The van der Waals surface area contributed by atoms with Crippen LogP contribution >= 0.6 is 11.6 Å². The molecule has 0 unspecified atom stereocenters. The van der Waals surface area contributed by atoms with E-state index in [0.29, 0.717) is 17.8 Å². The molecular weight excluding hydrogens is 242 g/mol. The highest BCUT2D eigenvalue weighted by atomic mass is 35.5. The number of anilines is 1. The molecule has 0 spiro atoms. The van der Waals surface area contributed by atoms with E-state index in [1.165, 1.54) is 12.3 Å². The van der Waals surface area contributed by atoms with Gasteiger partial charge in [-0.2, -0.15) is 0 Å². The average Bonchev–Trinajstić information content (AvgIpc) is 3.12. The Balaban J connectivity index is 2.24. The van der Waals surface area contributed by atoms with E-state index in [2.05, 4.69) is 4.98 Å². The first-order valence-corrected chi connectivity index (χ1v) is 5.84. The van der Waals surface area contributed by atoms with Crippen LogP contribution in [0.15, 0.2) is 12.3 Å². The van der Waals surface area contributed by atoms with Crippen LogP contribution in [0.2, 0.25) is 5.15 Å². The predicted molar refractivity (Wildman–Crippen MR) is 64.8 cm³/mol. The summed E-state index contributed by atoms with van der Waals surface area (Å²) < 4.78 is 0. The number of nitrogens with two attached hydrogens (primary N) is 1. The molecule has 0 bridgehead atoms. The van der Waals surface area contributed by atoms with Gasteiger partial charge in [0.1, 0.15) is 5.15 Å². The van der Waals surface area contributed by atoms with Crippen LogP contribution in [0.3, 0.4) is 0 Å². The van der Waals surface area contributed by atoms with E-state index >= 15 is 0 Å². The maximum Gasteiger partial charge on any atom is 0.256 e. The van der Waals surface area contributed by atoms with E-state index in [4.69, 9.17) is 22.4 Å². The summed E-state index contributed by atoms with van der Waals surface area (Å²) in [5.41, 5.74) is 6.37. The first-order chi connectivity index (χ1) is 8.13. The lowest BCUT2D eigenvalue weighted by molar-refractivity contribution is 0.0708.